The Labute approximate surface area is 528 Å². The summed E-state index contributed by atoms with van der Waals surface area (Å²) in [5.74, 6) is 5.29. The third kappa shape index (κ3) is 12.2. The maximum atomic E-state index is 14.2. The number of likely N-dealkylation sites (N-methyl/N-ethyl adjacent to an activating group) is 1. The number of hydrogen-bond donors (Lipinski definition) is 7. The van der Waals surface area contributed by atoms with E-state index in [1.165, 1.54) is 29.5 Å². The number of piperidine rings is 3. The zero-order chi connectivity index (χ0) is 61.5. The highest BCUT2D eigenvalue weighted by Gasteiger charge is 2.41. The number of benzene rings is 3. The number of hydrogen-bond acceptors (Lipinski definition) is 17. The molecule has 91 heavy (non-hydrogen) atoms. The standard InChI is InChI=1S/C71H81N15O5/c1-85-27-20-41(21-28-85)33-73-37-56-63-49(17-24-76-56)69(87)82-66(79-63)46-30-43-9-7-11-47(52(43)31-46)55-40-86(2)29-22-45(55)35-75-39-58-65-51(19-26-78-58)71(89)84-68(81-65)62-32-53(48-10-4-6-13-60(48)91-62)54-36-72-23-16-44(54)34-74-38-57-64-50(18-25-77-57)70(88)83-67(80-64)61-15-14-42-8-3-5-12-59(42)90-61/h3-13,17-19,24-26,41,44-46,53-55,61-62,72-75H,14-16,20-23,27-40H2,1-2H3,(H,79,82,87)(H,80,83,88)(H,81,84,89). The van der Waals surface area contributed by atoms with Gasteiger partial charge in [-0.1, -0.05) is 54.6 Å². The van der Waals surface area contributed by atoms with Crippen molar-refractivity contribution >= 4 is 32.7 Å². The van der Waals surface area contributed by atoms with Crippen LogP contribution in [0.15, 0.2) is 118 Å². The maximum Gasteiger partial charge on any atom is 0.258 e. The van der Waals surface area contributed by atoms with Gasteiger partial charge in [0.25, 0.3) is 16.7 Å². The fourth-order valence-electron chi connectivity index (χ4n) is 15.9. The summed E-state index contributed by atoms with van der Waals surface area (Å²) >= 11 is 0. The number of aryl methyl sites for hydroxylation is 1. The van der Waals surface area contributed by atoms with Gasteiger partial charge in [-0.25, -0.2) is 15.0 Å². The molecule has 470 valence electrons. The van der Waals surface area contributed by atoms with E-state index in [9.17, 15) is 14.4 Å². The molecular formula is C71H81N15O5. The van der Waals surface area contributed by atoms with Crippen molar-refractivity contribution in [3.63, 3.8) is 0 Å². The number of para-hydroxylation sites is 2. The molecule has 8 unspecified atom stereocenters. The van der Waals surface area contributed by atoms with E-state index in [1.807, 2.05) is 30.3 Å². The Hall–Kier alpha value is -8.11. The van der Waals surface area contributed by atoms with E-state index in [-0.39, 0.29) is 46.5 Å². The zero-order valence-electron chi connectivity index (χ0n) is 52.0. The van der Waals surface area contributed by atoms with Gasteiger partial charge < -0.3 is 55.5 Å². The lowest BCUT2D eigenvalue weighted by molar-refractivity contribution is 0.109. The van der Waals surface area contributed by atoms with Gasteiger partial charge >= 0.3 is 0 Å². The molecule has 0 radical (unpaired) electrons. The Morgan fingerprint density at radius 1 is 0.538 bits per heavy atom. The van der Waals surface area contributed by atoms with Crippen molar-refractivity contribution in [3.05, 3.63) is 197 Å². The average Bonchev–Trinajstić information content (AvgIpc) is 1.98. The van der Waals surface area contributed by atoms with Gasteiger partial charge in [0, 0.05) is 56.6 Å². The first-order valence-electron chi connectivity index (χ1n) is 33.1. The van der Waals surface area contributed by atoms with Crippen molar-refractivity contribution in [3.8, 4) is 11.5 Å². The van der Waals surface area contributed by atoms with Crippen LogP contribution in [-0.4, -0.2) is 128 Å². The van der Waals surface area contributed by atoms with Crippen LogP contribution < -0.4 is 47.4 Å². The highest BCUT2D eigenvalue weighted by atomic mass is 16.5. The van der Waals surface area contributed by atoms with Crippen molar-refractivity contribution in [1.29, 1.82) is 0 Å². The number of likely N-dealkylation sites (tertiary alicyclic amines) is 2. The van der Waals surface area contributed by atoms with Crippen LogP contribution in [0.3, 0.4) is 0 Å². The number of rotatable bonds is 17. The van der Waals surface area contributed by atoms with Gasteiger partial charge in [0.2, 0.25) is 0 Å². The lowest BCUT2D eigenvalue weighted by Gasteiger charge is -2.42. The average molecular weight is 1220 g/mol. The lowest BCUT2D eigenvalue weighted by Crippen LogP contribution is -2.44. The predicted molar refractivity (Wildman–Crippen MR) is 351 cm³/mol. The minimum atomic E-state index is -0.506. The highest BCUT2D eigenvalue weighted by Crippen LogP contribution is 2.48. The number of fused-ring (bicyclic) bond motifs is 6. The van der Waals surface area contributed by atoms with Gasteiger partial charge in [-0.3, -0.25) is 29.3 Å². The van der Waals surface area contributed by atoms with E-state index >= 15 is 0 Å². The van der Waals surface area contributed by atoms with Crippen LogP contribution in [0.4, 0.5) is 0 Å². The summed E-state index contributed by atoms with van der Waals surface area (Å²) in [6.45, 7) is 9.79. The Bertz CT molecular complexity index is 4340. The molecule has 6 aromatic heterocycles. The maximum absolute atomic E-state index is 14.2. The molecule has 0 saturated carbocycles. The fourth-order valence-corrected chi connectivity index (χ4v) is 15.9. The van der Waals surface area contributed by atoms with Crippen LogP contribution in [0.5, 0.6) is 11.5 Å². The monoisotopic (exact) mass is 1220 g/mol. The van der Waals surface area contributed by atoms with Crippen LogP contribution in [-0.2, 0) is 38.9 Å². The molecule has 0 amide bonds. The summed E-state index contributed by atoms with van der Waals surface area (Å²) in [6, 6.07) is 28.4. The van der Waals surface area contributed by atoms with Crippen molar-refractivity contribution in [2.24, 2.45) is 23.7 Å². The Balaban J connectivity index is 0.624. The van der Waals surface area contributed by atoms with E-state index in [0.717, 1.165) is 137 Å². The largest absolute Gasteiger partial charge is 0.482 e. The third-order valence-electron chi connectivity index (χ3n) is 20.9. The molecule has 7 N–H and O–H groups in total. The van der Waals surface area contributed by atoms with Crippen molar-refractivity contribution in [2.45, 2.75) is 107 Å². The van der Waals surface area contributed by atoms with Crippen LogP contribution in [0.1, 0.15) is 131 Å². The molecule has 0 bridgehead atoms. The second-order valence-corrected chi connectivity index (χ2v) is 26.6. The molecule has 20 nitrogen and oxygen atoms in total. The molecule has 20 heteroatoms. The second kappa shape index (κ2) is 25.9. The van der Waals surface area contributed by atoms with Crippen LogP contribution in [0.25, 0.3) is 32.7 Å². The van der Waals surface area contributed by atoms with E-state index in [0.29, 0.717) is 94.6 Å². The summed E-state index contributed by atoms with van der Waals surface area (Å²) in [4.78, 5) is 85.6. The molecule has 5 aliphatic heterocycles. The van der Waals surface area contributed by atoms with E-state index in [2.05, 4.69) is 96.5 Å². The van der Waals surface area contributed by atoms with Crippen molar-refractivity contribution < 1.29 is 9.47 Å². The molecule has 9 aromatic rings. The van der Waals surface area contributed by atoms with Crippen LogP contribution >= 0.6 is 0 Å². The third-order valence-corrected chi connectivity index (χ3v) is 20.9. The number of nitrogens with zero attached hydrogens (tertiary/aromatic N) is 8. The SMILES string of the molecule is CN1CCC(CNCc2nccc3c(=O)[nH]c(C4Cc5cccc(C6CN(C)CCC6CNCc6nccc7c(=O)[nH]c(C8CC(C9CNCCC9CNCc9nccc%10c(=O)[nH]c(C%11CCc%12ccccc%12O%11)nc9%10)c9ccccc9O8)nc67)c5C4)nc23)CC1. The highest BCUT2D eigenvalue weighted by molar-refractivity contribution is 5.81. The number of aromatic nitrogens is 9. The van der Waals surface area contributed by atoms with Gasteiger partial charge in [-0.15, -0.1) is 0 Å². The molecule has 3 fully saturated rings. The molecule has 8 atom stereocenters. The Kier molecular flexibility index (Phi) is 16.8. The van der Waals surface area contributed by atoms with Gasteiger partial charge in [0.1, 0.15) is 33.9 Å². The first kappa shape index (κ1) is 59.2. The predicted octanol–water partition coefficient (Wildman–Crippen LogP) is 7.41. The Morgan fingerprint density at radius 2 is 1.11 bits per heavy atom. The minimum absolute atomic E-state index is 0.0453. The lowest BCUT2D eigenvalue weighted by atomic mass is 9.71. The quantitative estimate of drug-likeness (QED) is 0.0469. The fraction of sp³-hybridized carbons (Fsp3) is 0.451. The molecular weight excluding hydrogens is 1140 g/mol. The number of ether oxygens (including phenoxy) is 2. The first-order valence-corrected chi connectivity index (χ1v) is 33.1. The van der Waals surface area contributed by atoms with Gasteiger partial charge in [-0.05, 0) is 212 Å². The number of pyridine rings is 3. The summed E-state index contributed by atoms with van der Waals surface area (Å²) in [5.41, 5.74) is 9.98. The molecule has 6 aliphatic rings. The van der Waals surface area contributed by atoms with E-state index in [1.54, 1.807) is 36.8 Å². The molecule has 0 spiro atoms. The van der Waals surface area contributed by atoms with Gasteiger partial charge in [0.15, 0.2) is 23.9 Å². The van der Waals surface area contributed by atoms with Crippen molar-refractivity contribution in [2.75, 3.05) is 73.0 Å². The number of H-pyrrole nitrogens is 3. The second-order valence-electron chi connectivity index (χ2n) is 26.6. The van der Waals surface area contributed by atoms with E-state index in [4.69, 9.17) is 39.4 Å². The number of aromatic amines is 3. The summed E-state index contributed by atoms with van der Waals surface area (Å²) in [7, 11) is 4.41. The molecule has 1 aliphatic carbocycles. The summed E-state index contributed by atoms with van der Waals surface area (Å²) < 4.78 is 13.2. The van der Waals surface area contributed by atoms with E-state index < -0.39 is 6.10 Å². The number of nitrogens with one attached hydrogen (secondary N) is 7. The zero-order valence-corrected chi connectivity index (χ0v) is 52.0. The molecule has 11 heterocycles. The van der Waals surface area contributed by atoms with Crippen LogP contribution in [0, 0.1) is 23.7 Å². The van der Waals surface area contributed by atoms with Crippen molar-refractivity contribution in [1.82, 2.24) is 75.9 Å². The minimum Gasteiger partial charge on any atom is -0.482 e. The first-order chi connectivity index (χ1) is 44.6. The smallest absolute Gasteiger partial charge is 0.258 e. The summed E-state index contributed by atoms with van der Waals surface area (Å²) in [6.07, 6.45) is 12.4. The normalized spacial score (nSPS) is 23.8. The molecule has 15 rings (SSSR count). The van der Waals surface area contributed by atoms with Gasteiger partial charge in [0.05, 0.1) is 33.2 Å². The van der Waals surface area contributed by atoms with Crippen LogP contribution in [0.2, 0.25) is 0 Å². The molecule has 3 saturated heterocycles. The Morgan fingerprint density at radius 3 is 1.81 bits per heavy atom. The van der Waals surface area contributed by atoms with Gasteiger partial charge in [-0.2, -0.15) is 0 Å². The molecule has 3 aromatic carbocycles. The summed E-state index contributed by atoms with van der Waals surface area (Å²) in [5, 5.41) is 16.5. The topological polar surface area (TPSA) is 249 Å².